The van der Waals surface area contributed by atoms with Crippen LogP contribution in [0.15, 0.2) is 36.5 Å². The number of aliphatic carboxylic acids is 3. The van der Waals surface area contributed by atoms with Crippen molar-refractivity contribution in [2.75, 3.05) is 19.8 Å². The normalized spacial score (nSPS) is 10.6. The van der Waals surface area contributed by atoms with Crippen molar-refractivity contribution in [3.05, 3.63) is 36.5 Å². The Morgan fingerprint density at radius 2 is 0.406 bits per heavy atom. The van der Waals surface area contributed by atoms with Crippen molar-refractivity contribution >= 4 is 59.7 Å². The fourth-order valence-electron chi connectivity index (χ4n) is 6.70. The summed E-state index contributed by atoms with van der Waals surface area (Å²) in [6.45, 7) is 12.3. The molecule has 0 aliphatic carbocycles. The van der Waals surface area contributed by atoms with E-state index < -0.39 is 35.8 Å². The molecule has 0 saturated heterocycles. The topological polar surface area (TPSA) is 191 Å². The number of ether oxygens (including phenoxy) is 3. The molecule has 0 aliphatic rings. The van der Waals surface area contributed by atoms with Gasteiger partial charge in [0.05, 0.1) is 19.8 Å². The smallest absolute Gasteiger partial charge is 0.331 e. The summed E-state index contributed by atoms with van der Waals surface area (Å²) in [4.78, 5) is 63.6. The molecule has 0 fully saturated rings. The number of carbonyl (C=O) groups is 6. The Hall–Kier alpha value is -3.16. The molecular weight excluding hydrogens is 983 g/mol. The van der Waals surface area contributed by atoms with E-state index in [0.29, 0.717) is 19.8 Å². The van der Waals surface area contributed by atoms with Gasteiger partial charge in [-0.3, -0.25) is 0 Å². The second kappa shape index (κ2) is 66.9. The van der Waals surface area contributed by atoms with Crippen LogP contribution in [0.1, 0.15) is 266 Å². The van der Waals surface area contributed by atoms with E-state index in [2.05, 4.69) is 34.6 Å². The molecule has 69 heavy (non-hydrogen) atoms. The fourth-order valence-corrected chi connectivity index (χ4v) is 6.70. The molecule has 0 rings (SSSR count). The van der Waals surface area contributed by atoms with E-state index in [1.807, 2.05) is 0 Å². The second-order valence-corrected chi connectivity index (χ2v) is 17.5. The SMILES string of the molecule is CCCCCCCC.CCCCCCCCCCCCOC(=O)/C=C\C(=O)O.CCCCCCCCCCCCOC(=O)/C=C\C(=O)O.CCCCCCCCCCCCOC(=O)/C=C\C(=O)O.[Sn]. The van der Waals surface area contributed by atoms with E-state index >= 15 is 0 Å². The Labute approximate surface area is 438 Å². The van der Waals surface area contributed by atoms with Crippen LogP contribution in [0.5, 0.6) is 0 Å². The van der Waals surface area contributed by atoms with Crippen LogP contribution in [0.25, 0.3) is 0 Å². The summed E-state index contributed by atoms with van der Waals surface area (Å²) >= 11 is 0. The monoisotopic (exact) mass is 1090 g/mol. The van der Waals surface area contributed by atoms with Crippen molar-refractivity contribution in [3.8, 4) is 0 Å². The molecule has 0 heterocycles. The van der Waals surface area contributed by atoms with E-state index in [9.17, 15) is 28.8 Å². The van der Waals surface area contributed by atoms with Crippen molar-refractivity contribution in [3.63, 3.8) is 0 Å². The zero-order valence-corrected chi connectivity index (χ0v) is 47.4. The van der Waals surface area contributed by atoms with Gasteiger partial charge in [-0.05, 0) is 19.3 Å². The first-order valence-corrected chi connectivity index (χ1v) is 27.1. The molecule has 0 spiro atoms. The maximum atomic E-state index is 11.0. The van der Waals surface area contributed by atoms with Crippen molar-refractivity contribution in [2.45, 2.75) is 266 Å². The predicted molar refractivity (Wildman–Crippen MR) is 284 cm³/mol. The molecule has 402 valence electrons. The number of unbranched alkanes of at least 4 members (excludes halogenated alkanes) is 32. The first kappa shape index (κ1) is 74.8. The third kappa shape index (κ3) is 82.1. The molecule has 0 aromatic heterocycles. The summed E-state index contributed by atoms with van der Waals surface area (Å²) < 4.78 is 14.6. The third-order valence-corrected chi connectivity index (χ3v) is 10.8. The number of rotatable bonds is 44. The standard InChI is InChI=1S/3C16H28O4.C8H18.Sn/c3*1-2-3-4-5-6-7-8-9-10-11-14-20-16(19)13-12-15(17)18;1-3-5-7-8-6-4-2;/h3*12-13H,2-11,14H2,1H3,(H,17,18);3-8H2,1-2H3;/b3*13-12-;;. The zero-order chi connectivity index (χ0) is 51.4. The van der Waals surface area contributed by atoms with Gasteiger partial charge in [0.1, 0.15) is 0 Å². The minimum absolute atomic E-state index is 0. The molecule has 0 aromatic carbocycles. The average Bonchev–Trinajstić information content (AvgIpc) is 3.31. The number of hydrogen-bond acceptors (Lipinski definition) is 9. The molecule has 0 aliphatic heterocycles. The van der Waals surface area contributed by atoms with Gasteiger partial charge in [0, 0.05) is 60.4 Å². The summed E-state index contributed by atoms with van der Waals surface area (Å²) in [7, 11) is 0. The summed E-state index contributed by atoms with van der Waals surface area (Å²) in [5.74, 6) is -5.15. The van der Waals surface area contributed by atoms with Gasteiger partial charge in [0.2, 0.25) is 0 Å². The molecule has 3 N–H and O–H groups in total. The zero-order valence-electron chi connectivity index (χ0n) is 44.6. The molecule has 0 bridgehead atoms. The van der Waals surface area contributed by atoms with E-state index in [4.69, 9.17) is 29.5 Å². The fraction of sp³-hybridized carbons (Fsp3) is 0.786. The van der Waals surface area contributed by atoms with Gasteiger partial charge in [-0.1, -0.05) is 247 Å². The van der Waals surface area contributed by atoms with Gasteiger partial charge in [0.25, 0.3) is 0 Å². The van der Waals surface area contributed by atoms with Crippen LogP contribution >= 0.6 is 0 Å². The molecule has 0 aromatic rings. The summed E-state index contributed by atoms with van der Waals surface area (Å²) in [6, 6.07) is 0. The molecule has 12 nitrogen and oxygen atoms in total. The summed E-state index contributed by atoms with van der Waals surface area (Å²) in [6.07, 6.45) is 50.6. The van der Waals surface area contributed by atoms with Crippen molar-refractivity contribution in [1.29, 1.82) is 0 Å². The predicted octanol–water partition coefficient (Wildman–Crippen LogP) is 15.3. The van der Waals surface area contributed by atoms with Gasteiger partial charge >= 0.3 is 35.8 Å². The van der Waals surface area contributed by atoms with Crippen LogP contribution in [-0.4, -0.2) is 94.9 Å². The van der Waals surface area contributed by atoms with Gasteiger partial charge in [-0.2, -0.15) is 0 Å². The van der Waals surface area contributed by atoms with E-state index in [0.717, 1.165) is 75.0 Å². The number of esters is 3. The first-order valence-electron chi connectivity index (χ1n) is 27.1. The van der Waals surface area contributed by atoms with Crippen LogP contribution in [0.2, 0.25) is 0 Å². The van der Waals surface area contributed by atoms with Crippen molar-refractivity contribution < 1.29 is 58.3 Å². The Bertz CT molecular complexity index is 1090. The van der Waals surface area contributed by atoms with E-state index in [1.54, 1.807) is 0 Å². The molecule has 0 saturated carbocycles. The summed E-state index contributed by atoms with van der Waals surface area (Å²) in [5, 5.41) is 25.0. The minimum Gasteiger partial charge on any atom is -0.478 e. The van der Waals surface area contributed by atoms with Crippen LogP contribution in [-0.2, 0) is 43.0 Å². The second-order valence-electron chi connectivity index (χ2n) is 17.5. The number of carbonyl (C=O) groups excluding carboxylic acids is 3. The van der Waals surface area contributed by atoms with Crippen LogP contribution < -0.4 is 0 Å². The molecule has 13 heteroatoms. The number of hydrogen-bond donors (Lipinski definition) is 3. The number of carboxylic acids is 3. The molecular formula is C56H102O12Sn. The van der Waals surface area contributed by atoms with Crippen molar-refractivity contribution in [1.82, 2.24) is 0 Å². The Kier molecular flexibility index (Phi) is 72.5. The molecule has 0 amide bonds. The van der Waals surface area contributed by atoms with E-state index in [1.165, 1.54) is 193 Å². The molecule has 4 radical (unpaired) electrons. The summed E-state index contributed by atoms with van der Waals surface area (Å²) in [5.41, 5.74) is 0. The largest absolute Gasteiger partial charge is 0.478 e. The third-order valence-electron chi connectivity index (χ3n) is 10.8. The maximum Gasteiger partial charge on any atom is 0.331 e. The van der Waals surface area contributed by atoms with Crippen molar-refractivity contribution in [2.24, 2.45) is 0 Å². The maximum absolute atomic E-state index is 11.0. The van der Waals surface area contributed by atoms with Crippen LogP contribution in [0.4, 0.5) is 0 Å². The Balaban J connectivity index is -0.000000273. The molecule has 0 atom stereocenters. The van der Waals surface area contributed by atoms with Crippen LogP contribution in [0.3, 0.4) is 0 Å². The Morgan fingerprint density at radius 1 is 0.261 bits per heavy atom. The Morgan fingerprint density at radius 3 is 0.551 bits per heavy atom. The molecule has 0 unspecified atom stereocenters. The van der Waals surface area contributed by atoms with Gasteiger partial charge in [0.15, 0.2) is 0 Å². The minimum atomic E-state index is -1.14. The first-order chi connectivity index (χ1) is 32.9. The van der Waals surface area contributed by atoms with Gasteiger partial charge in [-0.25, -0.2) is 28.8 Å². The van der Waals surface area contributed by atoms with Gasteiger partial charge in [-0.15, -0.1) is 0 Å². The quantitative estimate of drug-likeness (QED) is 0.0172. The van der Waals surface area contributed by atoms with Gasteiger partial charge < -0.3 is 29.5 Å². The average molecular weight is 1090 g/mol. The van der Waals surface area contributed by atoms with E-state index in [-0.39, 0.29) is 23.9 Å². The van der Waals surface area contributed by atoms with Crippen LogP contribution in [0, 0.1) is 0 Å². The number of carboxylic acid groups (broad SMARTS) is 3.